The molecular weight excluding hydrogens is 240 g/mol. The van der Waals surface area contributed by atoms with Crippen LogP contribution in [0.2, 0.25) is 0 Å². The van der Waals surface area contributed by atoms with Crippen molar-refractivity contribution in [3.63, 3.8) is 0 Å². The van der Waals surface area contributed by atoms with E-state index in [0.717, 1.165) is 23.7 Å². The first-order chi connectivity index (χ1) is 9.31. The molecule has 0 unspecified atom stereocenters. The highest BCUT2D eigenvalue weighted by molar-refractivity contribution is 5.79. The third kappa shape index (κ3) is 3.22. The van der Waals surface area contributed by atoms with Crippen molar-refractivity contribution in [2.75, 3.05) is 6.61 Å². The van der Waals surface area contributed by atoms with Gasteiger partial charge >= 0.3 is 0 Å². The Morgan fingerprint density at radius 3 is 3.05 bits per heavy atom. The minimum atomic E-state index is 0.0660. The van der Waals surface area contributed by atoms with E-state index in [1.54, 1.807) is 6.20 Å². The Morgan fingerprint density at radius 1 is 1.37 bits per heavy atom. The van der Waals surface area contributed by atoms with Crippen LogP contribution in [0.3, 0.4) is 0 Å². The number of nitrogens with zero attached hydrogens (tertiary/aromatic N) is 1. The van der Waals surface area contributed by atoms with Gasteiger partial charge in [0.15, 0.2) is 0 Å². The summed E-state index contributed by atoms with van der Waals surface area (Å²) in [5.74, 6) is 0.772. The predicted octanol–water partition coefficient (Wildman–Crippen LogP) is 2.28. The third-order valence-corrected chi connectivity index (χ3v) is 3.11. The number of carbonyl (C=O) groups is 1. The lowest BCUT2D eigenvalue weighted by Gasteiger charge is -2.07. The molecule has 1 amide bonds. The van der Waals surface area contributed by atoms with Crippen LogP contribution in [-0.2, 0) is 4.79 Å². The molecule has 2 aromatic rings. The van der Waals surface area contributed by atoms with Crippen LogP contribution in [0, 0.1) is 0 Å². The zero-order valence-electron chi connectivity index (χ0n) is 10.6. The van der Waals surface area contributed by atoms with Gasteiger partial charge in [-0.25, -0.2) is 0 Å². The number of nitrogens with one attached hydrogen (secondary N) is 1. The first kappa shape index (κ1) is 12.0. The van der Waals surface area contributed by atoms with Crippen molar-refractivity contribution in [3.05, 3.63) is 36.5 Å². The molecule has 0 aliphatic heterocycles. The number of amides is 1. The molecule has 1 N–H and O–H groups in total. The van der Waals surface area contributed by atoms with E-state index < -0.39 is 0 Å². The quantitative estimate of drug-likeness (QED) is 0.893. The SMILES string of the molecule is O=C(CCOc1cnc2ccccc2c1)NC1CC1. The van der Waals surface area contributed by atoms with Crippen molar-refractivity contribution in [1.82, 2.24) is 10.3 Å². The van der Waals surface area contributed by atoms with Crippen molar-refractivity contribution < 1.29 is 9.53 Å². The molecule has 19 heavy (non-hydrogen) atoms. The van der Waals surface area contributed by atoms with Crippen LogP contribution in [0.5, 0.6) is 5.75 Å². The fraction of sp³-hybridized carbons (Fsp3) is 0.333. The number of aromatic nitrogens is 1. The van der Waals surface area contributed by atoms with Gasteiger partial charge in [0.25, 0.3) is 0 Å². The van der Waals surface area contributed by atoms with Gasteiger partial charge in [-0.1, -0.05) is 18.2 Å². The number of pyridine rings is 1. The Kier molecular flexibility index (Phi) is 3.31. The number of carbonyl (C=O) groups excluding carboxylic acids is 1. The average molecular weight is 256 g/mol. The summed E-state index contributed by atoms with van der Waals surface area (Å²) in [6, 6.07) is 10.2. The minimum absolute atomic E-state index is 0.0660. The summed E-state index contributed by atoms with van der Waals surface area (Å²) >= 11 is 0. The van der Waals surface area contributed by atoms with Gasteiger partial charge in [0.05, 0.1) is 24.7 Å². The molecule has 3 rings (SSSR count). The maximum atomic E-state index is 11.5. The number of ether oxygens (including phenoxy) is 1. The lowest BCUT2D eigenvalue weighted by atomic mass is 10.2. The zero-order chi connectivity index (χ0) is 13.1. The van der Waals surface area contributed by atoms with E-state index in [1.807, 2.05) is 30.3 Å². The smallest absolute Gasteiger partial charge is 0.223 e. The molecule has 1 aromatic heterocycles. The normalized spacial score (nSPS) is 14.3. The molecule has 1 fully saturated rings. The van der Waals surface area contributed by atoms with Crippen LogP contribution in [0.4, 0.5) is 0 Å². The van der Waals surface area contributed by atoms with Crippen molar-refractivity contribution in [2.24, 2.45) is 0 Å². The Balaban J connectivity index is 1.54. The van der Waals surface area contributed by atoms with Crippen LogP contribution in [0.25, 0.3) is 10.9 Å². The van der Waals surface area contributed by atoms with E-state index in [-0.39, 0.29) is 5.91 Å². The highest BCUT2D eigenvalue weighted by atomic mass is 16.5. The van der Waals surface area contributed by atoms with Crippen molar-refractivity contribution in [3.8, 4) is 5.75 Å². The summed E-state index contributed by atoms with van der Waals surface area (Å²) in [6.45, 7) is 0.387. The second kappa shape index (κ2) is 5.26. The topological polar surface area (TPSA) is 51.2 Å². The highest BCUT2D eigenvalue weighted by Gasteiger charge is 2.22. The van der Waals surface area contributed by atoms with E-state index in [0.29, 0.717) is 24.8 Å². The average Bonchev–Trinajstić information content (AvgIpc) is 3.22. The van der Waals surface area contributed by atoms with Crippen LogP contribution in [0.15, 0.2) is 36.5 Å². The lowest BCUT2D eigenvalue weighted by Crippen LogP contribution is -2.26. The van der Waals surface area contributed by atoms with E-state index in [9.17, 15) is 4.79 Å². The Bertz CT molecular complexity index is 593. The number of para-hydroxylation sites is 1. The molecule has 1 aliphatic carbocycles. The first-order valence-corrected chi connectivity index (χ1v) is 6.58. The molecule has 0 spiro atoms. The molecular formula is C15H16N2O2. The third-order valence-electron chi connectivity index (χ3n) is 3.11. The fourth-order valence-corrected chi connectivity index (χ4v) is 1.92. The molecule has 0 radical (unpaired) electrons. The summed E-state index contributed by atoms with van der Waals surface area (Å²) in [5, 5.41) is 3.98. The molecule has 4 heteroatoms. The predicted molar refractivity (Wildman–Crippen MR) is 73.0 cm³/mol. The van der Waals surface area contributed by atoms with Gasteiger partial charge in [-0.2, -0.15) is 0 Å². The summed E-state index contributed by atoms with van der Waals surface area (Å²) < 4.78 is 5.56. The van der Waals surface area contributed by atoms with Crippen molar-refractivity contribution >= 4 is 16.8 Å². The van der Waals surface area contributed by atoms with E-state index in [4.69, 9.17) is 4.74 Å². The maximum absolute atomic E-state index is 11.5. The number of hydrogen-bond donors (Lipinski definition) is 1. The zero-order valence-corrected chi connectivity index (χ0v) is 10.6. The summed E-state index contributed by atoms with van der Waals surface area (Å²) in [4.78, 5) is 15.8. The molecule has 1 aliphatic rings. The number of hydrogen-bond acceptors (Lipinski definition) is 3. The summed E-state index contributed by atoms with van der Waals surface area (Å²) in [6.07, 6.45) is 4.31. The maximum Gasteiger partial charge on any atom is 0.223 e. The first-order valence-electron chi connectivity index (χ1n) is 6.58. The minimum Gasteiger partial charge on any atom is -0.491 e. The molecule has 0 atom stereocenters. The summed E-state index contributed by atoms with van der Waals surface area (Å²) in [7, 11) is 0. The summed E-state index contributed by atoms with van der Waals surface area (Å²) in [5.41, 5.74) is 0.946. The molecule has 0 saturated heterocycles. The van der Waals surface area contributed by atoms with E-state index in [1.165, 1.54) is 0 Å². The van der Waals surface area contributed by atoms with Crippen molar-refractivity contribution in [1.29, 1.82) is 0 Å². The largest absolute Gasteiger partial charge is 0.491 e. The number of benzene rings is 1. The second-order valence-corrected chi connectivity index (χ2v) is 4.80. The van der Waals surface area contributed by atoms with Gasteiger partial charge in [0, 0.05) is 11.4 Å². The number of fused-ring (bicyclic) bond motifs is 1. The Morgan fingerprint density at radius 2 is 2.21 bits per heavy atom. The van der Waals surface area contributed by atoms with Gasteiger partial charge in [-0.15, -0.1) is 0 Å². The molecule has 1 aromatic carbocycles. The lowest BCUT2D eigenvalue weighted by molar-refractivity contribution is -0.121. The van der Waals surface area contributed by atoms with Crippen LogP contribution >= 0.6 is 0 Å². The second-order valence-electron chi connectivity index (χ2n) is 4.80. The molecule has 1 saturated carbocycles. The van der Waals surface area contributed by atoms with Gasteiger partial charge in [0.2, 0.25) is 5.91 Å². The van der Waals surface area contributed by atoms with Crippen LogP contribution < -0.4 is 10.1 Å². The van der Waals surface area contributed by atoms with Crippen molar-refractivity contribution in [2.45, 2.75) is 25.3 Å². The Labute approximate surface area is 111 Å². The van der Waals surface area contributed by atoms with Gasteiger partial charge in [-0.3, -0.25) is 9.78 Å². The molecule has 98 valence electrons. The monoisotopic (exact) mass is 256 g/mol. The molecule has 1 heterocycles. The standard InChI is InChI=1S/C15H16N2O2/c18-15(17-12-5-6-12)7-8-19-13-9-11-3-1-2-4-14(11)16-10-13/h1-4,9-10,12H,5-8H2,(H,17,18). The molecule has 0 bridgehead atoms. The van der Waals surface area contributed by atoms with Gasteiger partial charge < -0.3 is 10.1 Å². The van der Waals surface area contributed by atoms with E-state index >= 15 is 0 Å². The fourth-order valence-electron chi connectivity index (χ4n) is 1.92. The van der Waals surface area contributed by atoms with Gasteiger partial charge in [-0.05, 0) is 25.0 Å². The number of rotatable bonds is 5. The molecule has 4 nitrogen and oxygen atoms in total. The van der Waals surface area contributed by atoms with Gasteiger partial charge in [0.1, 0.15) is 5.75 Å². The Hall–Kier alpha value is -2.10. The highest BCUT2D eigenvalue weighted by Crippen LogP contribution is 2.19. The van der Waals surface area contributed by atoms with Crippen LogP contribution in [-0.4, -0.2) is 23.5 Å². The van der Waals surface area contributed by atoms with Crippen LogP contribution in [0.1, 0.15) is 19.3 Å². The van der Waals surface area contributed by atoms with E-state index in [2.05, 4.69) is 10.3 Å².